The van der Waals surface area contributed by atoms with Gasteiger partial charge in [0, 0.05) is 6.04 Å². The molecule has 0 aromatic carbocycles. The predicted octanol–water partition coefficient (Wildman–Crippen LogP) is -0.809. The van der Waals surface area contributed by atoms with Gasteiger partial charge >= 0.3 is 11.9 Å². The lowest BCUT2D eigenvalue weighted by Crippen LogP contribution is -2.50. The quantitative estimate of drug-likeness (QED) is 0.525. The lowest BCUT2D eigenvalue weighted by Gasteiger charge is -2.27. The molecule has 0 aromatic rings. The van der Waals surface area contributed by atoms with Crippen LogP contribution in [0.4, 0.5) is 0 Å². The summed E-state index contributed by atoms with van der Waals surface area (Å²) in [4.78, 5) is 21.9. The van der Waals surface area contributed by atoms with E-state index in [0.717, 1.165) is 0 Å². The Bertz CT molecular complexity index is 213. The molecule has 0 radical (unpaired) electrons. The molecule has 1 saturated heterocycles. The van der Waals surface area contributed by atoms with E-state index in [1.807, 2.05) is 0 Å². The monoisotopic (exact) mass is 173 g/mol. The minimum atomic E-state index is -0.950. The number of hydrogen-bond acceptors (Lipinski definition) is 5. The Balaban J connectivity index is 2.68. The van der Waals surface area contributed by atoms with Crippen LogP contribution >= 0.6 is 0 Å². The van der Waals surface area contributed by atoms with Gasteiger partial charge in [0.2, 0.25) is 6.10 Å². The molecule has 3 unspecified atom stereocenters. The zero-order chi connectivity index (χ0) is 9.30. The van der Waals surface area contributed by atoms with Crippen molar-refractivity contribution in [2.24, 2.45) is 5.73 Å². The first-order valence-electron chi connectivity index (χ1n) is 3.69. The molecule has 1 heterocycles. The maximum atomic E-state index is 11.0. The molecule has 5 nitrogen and oxygen atoms in total. The molecule has 2 N–H and O–H groups in total. The van der Waals surface area contributed by atoms with Crippen LogP contribution in [0.15, 0.2) is 0 Å². The number of esters is 2. The zero-order valence-corrected chi connectivity index (χ0v) is 6.94. The summed E-state index contributed by atoms with van der Waals surface area (Å²) in [5, 5.41) is 0. The Hall–Kier alpha value is -1.10. The van der Waals surface area contributed by atoms with Crippen molar-refractivity contribution in [2.75, 3.05) is 0 Å². The van der Waals surface area contributed by atoms with E-state index in [9.17, 15) is 9.59 Å². The molecule has 0 aliphatic carbocycles. The smallest absolute Gasteiger partial charge is 0.349 e. The number of cyclic esters (lactones) is 2. The molecule has 1 fully saturated rings. The van der Waals surface area contributed by atoms with E-state index in [4.69, 9.17) is 10.5 Å². The van der Waals surface area contributed by atoms with Crippen LogP contribution < -0.4 is 5.73 Å². The van der Waals surface area contributed by atoms with Gasteiger partial charge in [-0.1, -0.05) is 0 Å². The summed E-state index contributed by atoms with van der Waals surface area (Å²) in [6.45, 7) is 3.03. The van der Waals surface area contributed by atoms with Crippen LogP contribution in [0.2, 0.25) is 0 Å². The molecule has 1 rings (SSSR count). The highest BCUT2D eigenvalue weighted by Gasteiger charge is 2.37. The second-order valence-electron chi connectivity index (χ2n) is 2.80. The van der Waals surface area contributed by atoms with Crippen molar-refractivity contribution in [2.45, 2.75) is 32.1 Å². The van der Waals surface area contributed by atoms with Gasteiger partial charge in [-0.05, 0) is 13.8 Å². The third-order valence-corrected chi connectivity index (χ3v) is 1.58. The summed E-state index contributed by atoms with van der Waals surface area (Å²) >= 11 is 0. The van der Waals surface area contributed by atoms with Gasteiger partial charge in [-0.2, -0.15) is 0 Å². The van der Waals surface area contributed by atoms with Gasteiger partial charge in [0.1, 0.15) is 0 Å². The minimum absolute atomic E-state index is 0.533. The summed E-state index contributed by atoms with van der Waals surface area (Å²) < 4.78 is 9.41. The first-order chi connectivity index (χ1) is 5.52. The van der Waals surface area contributed by atoms with Crippen LogP contribution in [0.3, 0.4) is 0 Å². The van der Waals surface area contributed by atoms with Crippen LogP contribution in [-0.4, -0.2) is 30.2 Å². The first-order valence-corrected chi connectivity index (χ1v) is 3.69. The van der Waals surface area contributed by atoms with Gasteiger partial charge < -0.3 is 15.2 Å². The number of carbonyl (C=O) groups excluding carboxylic acids is 2. The molecule has 0 spiro atoms. The van der Waals surface area contributed by atoms with E-state index in [2.05, 4.69) is 4.74 Å². The third-order valence-electron chi connectivity index (χ3n) is 1.58. The van der Waals surface area contributed by atoms with E-state index < -0.39 is 30.2 Å². The summed E-state index contributed by atoms with van der Waals surface area (Å²) in [6, 6.07) is -0.533. The second-order valence-corrected chi connectivity index (χ2v) is 2.80. The van der Waals surface area contributed by atoms with Gasteiger partial charge in [0.15, 0.2) is 6.10 Å². The molecule has 1 aliphatic heterocycles. The molecular weight excluding hydrogens is 162 g/mol. The van der Waals surface area contributed by atoms with Crippen LogP contribution in [0.1, 0.15) is 13.8 Å². The van der Waals surface area contributed by atoms with Gasteiger partial charge in [-0.15, -0.1) is 0 Å². The summed E-state index contributed by atoms with van der Waals surface area (Å²) in [6.07, 6.45) is -1.76. The fourth-order valence-corrected chi connectivity index (χ4v) is 0.880. The highest BCUT2D eigenvalue weighted by Crippen LogP contribution is 2.11. The van der Waals surface area contributed by atoms with Gasteiger partial charge in [-0.3, -0.25) is 0 Å². The zero-order valence-electron chi connectivity index (χ0n) is 6.94. The Morgan fingerprint density at radius 1 is 1.33 bits per heavy atom. The molecular formula is C7H11NO4. The number of carbonyl (C=O) groups is 2. The standard InChI is InChI=1S/C7H11NO4/c1-3(8)5-7(10)11-4(2)6(9)12-5/h3-5H,8H2,1-2H3. The van der Waals surface area contributed by atoms with E-state index in [1.165, 1.54) is 6.92 Å². The van der Waals surface area contributed by atoms with Gasteiger partial charge in [0.25, 0.3) is 0 Å². The van der Waals surface area contributed by atoms with Crippen molar-refractivity contribution in [3.63, 3.8) is 0 Å². The van der Waals surface area contributed by atoms with Crippen molar-refractivity contribution in [1.82, 2.24) is 0 Å². The molecule has 1 aliphatic rings. The van der Waals surface area contributed by atoms with E-state index >= 15 is 0 Å². The van der Waals surface area contributed by atoms with Crippen LogP contribution in [0, 0.1) is 0 Å². The van der Waals surface area contributed by atoms with Gasteiger partial charge in [-0.25, -0.2) is 9.59 Å². The van der Waals surface area contributed by atoms with Crippen molar-refractivity contribution in [3.05, 3.63) is 0 Å². The fourth-order valence-electron chi connectivity index (χ4n) is 0.880. The largest absolute Gasteiger partial charge is 0.448 e. The number of ether oxygens (including phenoxy) is 2. The normalized spacial score (nSPS) is 32.2. The molecule has 0 aromatic heterocycles. The summed E-state index contributed by atoms with van der Waals surface area (Å²) in [5.41, 5.74) is 5.39. The Morgan fingerprint density at radius 3 is 2.42 bits per heavy atom. The SMILES string of the molecule is CC1OC(=O)C(C(C)N)OC1=O. The van der Waals surface area contributed by atoms with E-state index in [-0.39, 0.29) is 0 Å². The van der Waals surface area contributed by atoms with Crippen molar-refractivity contribution in [1.29, 1.82) is 0 Å². The van der Waals surface area contributed by atoms with E-state index in [0.29, 0.717) is 0 Å². The number of nitrogens with two attached hydrogens (primary N) is 1. The summed E-state index contributed by atoms with van der Waals surface area (Å²) in [7, 11) is 0. The minimum Gasteiger partial charge on any atom is -0.448 e. The van der Waals surface area contributed by atoms with Crippen molar-refractivity contribution >= 4 is 11.9 Å². The predicted molar refractivity (Wildman–Crippen MR) is 39.1 cm³/mol. The van der Waals surface area contributed by atoms with Gasteiger partial charge in [0.05, 0.1) is 0 Å². The maximum absolute atomic E-state index is 11.0. The number of rotatable bonds is 1. The molecule has 5 heteroatoms. The molecule has 3 atom stereocenters. The molecule has 0 saturated carbocycles. The number of hydrogen-bond donors (Lipinski definition) is 1. The average Bonchev–Trinajstić information content (AvgIpc) is 1.96. The molecule has 12 heavy (non-hydrogen) atoms. The Morgan fingerprint density at radius 2 is 1.92 bits per heavy atom. The van der Waals surface area contributed by atoms with Crippen LogP contribution in [-0.2, 0) is 19.1 Å². The van der Waals surface area contributed by atoms with Crippen molar-refractivity contribution < 1.29 is 19.1 Å². The lowest BCUT2D eigenvalue weighted by molar-refractivity contribution is -0.194. The molecule has 0 amide bonds. The molecule has 68 valence electrons. The topological polar surface area (TPSA) is 78.6 Å². The third kappa shape index (κ3) is 1.55. The highest BCUT2D eigenvalue weighted by molar-refractivity contribution is 5.87. The fraction of sp³-hybridized carbons (Fsp3) is 0.714. The molecule has 0 bridgehead atoms. The van der Waals surface area contributed by atoms with E-state index in [1.54, 1.807) is 6.92 Å². The van der Waals surface area contributed by atoms with Crippen molar-refractivity contribution in [3.8, 4) is 0 Å². The lowest BCUT2D eigenvalue weighted by atomic mass is 10.2. The van der Waals surface area contributed by atoms with Crippen LogP contribution in [0.5, 0.6) is 0 Å². The Labute approximate surface area is 69.8 Å². The first kappa shape index (κ1) is 8.99. The maximum Gasteiger partial charge on any atom is 0.349 e. The average molecular weight is 173 g/mol. The highest BCUT2D eigenvalue weighted by atomic mass is 16.6. The Kier molecular flexibility index (Phi) is 2.32. The van der Waals surface area contributed by atoms with Crippen LogP contribution in [0.25, 0.3) is 0 Å². The second kappa shape index (κ2) is 3.10. The summed E-state index contributed by atoms with van der Waals surface area (Å²) in [5.74, 6) is -1.12.